The summed E-state index contributed by atoms with van der Waals surface area (Å²) in [5, 5.41) is 12.6. The van der Waals surface area contributed by atoms with Crippen molar-refractivity contribution in [3.8, 4) is 0 Å². The second kappa shape index (κ2) is 8.48. The van der Waals surface area contributed by atoms with Gasteiger partial charge in [-0.15, -0.1) is 10.2 Å². The molecule has 4 rings (SSSR count). The number of urea groups is 1. The quantitative estimate of drug-likeness (QED) is 0.621. The van der Waals surface area contributed by atoms with Crippen LogP contribution in [0.1, 0.15) is 47.2 Å². The van der Waals surface area contributed by atoms with Gasteiger partial charge in [-0.1, -0.05) is 41.9 Å². The molecule has 1 aliphatic rings. The van der Waals surface area contributed by atoms with E-state index in [0.717, 1.165) is 46.9 Å². The highest BCUT2D eigenvalue weighted by atomic mass is 35.5. The van der Waals surface area contributed by atoms with Gasteiger partial charge in [0.1, 0.15) is 5.82 Å². The molecule has 1 saturated heterocycles. The predicted octanol–water partition coefficient (Wildman–Crippen LogP) is 5.27. The van der Waals surface area contributed by atoms with Crippen molar-refractivity contribution in [1.82, 2.24) is 19.7 Å². The molecule has 1 aliphatic heterocycles. The standard InChI is InChI=1S/C23H26ClN5O/c1-15-6-4-7-16(2)21(15)25-23(30)28-13-5-8-20(28)22-27-26-17(3)29(22)14-18-9-11-19(24)12-10-18/h4,6-7,9-12,20H,5,8,13-14H2,1-3H3,(H,25,30). The van der Waals surface area contributed by atoms with E-state index in [1.165, 1.54) is 0 Å². The van der Waals surface area contributed by atoms with Crippen LogP contribution in [0.15, 0.2) is 42.5 Å². The summed E-state index contributed by atoms with van der Waals surface area (Å²) in [6.45, 7) is 7.32. The molecule has 2 aromatic carbocycles. The van der Waals surface area contributed by atoms with E-state index >= 15 is 0 Å². The van der Waals surface area contributed by atoms with Crippen molar-refractivity contribution in [3.05, 3.63) is 75.8 Å². The van der Waals surface area contributed by atoms with Gasteiger partial charge in [0.15, 0.2) is 5.82 Å². The van der Waals surface area contributed by atoms with E-state index in [4.69, 9.17) is 11.6 Å². The van der Waals surface area contributed by atoms with Gasteiger partial charge in [0.2, 0.25) is 0 Å². The molecule has 3 aromatic rings. The number of likely N-dealkylation sites (tertiary alicyclic amines) is 1. The van der Waals surface area contributed by atoms with Crippen LogP contribution in [-0.4, -0.2) is 32.2 Å². The number of hydrogen-bond acceptors (Lipinski definition) is 3. The Hall–Kier alpha value is -2.86. The second-order valence-corrected chi connectivity index (χ2v) is 8.30. The van der Waals surface area contributed by atoms with E-state index < -0.39 is 0 Å². The summed E-state index contributed by atoms with van der Waals surface area (Å²) in [6, 6.07) is 13.6. The smallest absolute Gasteiger partial charge is 0.314 e. The van der Waals surface area contributed by atoms with Gasteiger partial charge in [-0.05, 0) is 62.4 Å². The van der Waals surface area contributed by atoms with Crippen LogP contribution in [0.25, 0.3) is 0 Å². The number of halogens is 1. The van der Waals surface area contributed by atoms with Crippen LogP contribution >= 0.6 is 11.6 Å². The Morgan fingerprint density at radius 1 is 1.10 bits per heavy atom. The Balaban J connectivity index is 1.58. The summed E-state index contributed by atoms with van der Waals surface area (Å²) in [7, 11) is 0. The van der Waals surface area contributed by atoms with Crippen LogP contribution in [0.2, 0.25) is 5.02 Å². The van der Waals surface area contributed by atoms with Gasteiger partial charge in [0.25, 0.3) is 0 Å². The Morgan fingerprint density at radius 3 is 2.50 bits per heavy atom. The third kappa shape index (κ3) is 4.05. The van der Waals surface area contributed by atoms with Crippen molar-refractivity contribution >= 4 is 23.3 Å². The molecular weight excluding hydrogens is 398 g/mol. The van der Waals surface area contributed by atoms with E-state index in [-0.39, 0.29) is 12.1 Å². The molecule has 1 fully saturated rings. The first-order valence-corrected chi connectivity index (χ1v) is 10.6. The number of benzene rings is 2. The fourth-order valence-corrected chi connectivity index (χ4v) is 4.21. The Kier molecular flexibility index (Phi) is 5.77. The summed E-state index contributed by atoms with van der Waals surface area (Å²) in [5.74, 6) is 1.67. The second-order valence-electron chi connectivity index (χ2n) is 7.87. The molecule has 0 radical (unpaired) electrons. The summed E-state index contributed by atoms with van der Waals surface area (Å²) in [5.41, 5.74) is 4.11. The number of aromatic nitrogens is 3. The lowest BCUT2D eigenvalue weighted by molar-refractivity contribution is 0.203. The van der Waals surface area contributed by atoms with E-state index in [1.807, 2.05) is 68.1 Å². The highest BCUT2D eigenvalue weighted by Crippen LogP contribution is 2.33. The first-order valence-electron chi connectivity index (χ1n) is 10.2. The first-order chi connectivity index (χ1) is 14.4. The molecule has 0 saturated carbocycles. The van der Waals surface area contributed by atoms with Crippen LogP contribution in [0, 0.1) is 20.8 Å². The fourth-order valence-electron chi connectivity index (χ4n) is 4.08. The molecule has 7 heteroatoms. The molecule has 30 heavy (non-hydrogen) atoms. The lowest BCUT2D eigenvalue weighted by Gasteiger charge is -2.26. The number of aryl methyl sites for hydroxylation is 3. The van der Waals surface area contributed by atoms with Gasteiger partial charge in [0, 0.05) is 17.3 Å². The van der Waals surface area contributed by atoms with Crippen LogP contribution in [0.4, 0.5) is 10.5 Å². The van der Waals surface area contributed by atoms with Gasteiger partial charge in [-0.25, -0.2) is 4.79 Å². The topological polar surface area (TPSA) is 63.1 Å². The molecule has 6 nitrogen and oxygen atoms in total. The molecule has 1 atom stereocenters. The molecule has 2 heterocycles. The lowest BCUT2D eigenvalue weighted by Crippen LogP contribution is -2.36. The summed E-state index contributed by atoms with van der Waals surface area (Å²) in [4.78, 5) is 15.0. The zero-order valence-electron chi connectivity index (χ0n) is 17.5. The van der Waals surface area contributed by atoms with Gasteiger partial charge >= 0.3 is 6.03 Å². The highest BCUT2D eigenvalue weighted by molar-refractivity contribution is 6.30. The highest BCUT2D eigenvalue weighted by Gasteiger charge is 2.34. The maximum atomic E-state index is 13.2. The van der Waals surface area contributed by atoms with Gasteiger partial charge in [-0.3, -0.25) is 0 Å². The number of carbonyl (C=O) groups excluding carboxylic acids is 1. The minimum atomic E-state index is -0.0946. The molecular formula is C23H26ClN5O. The average Bonchev–Trinajstić information content (AvgIpc) is 3.34. The number of rotatable bonds is 4. The van der Waals surface area contributed by atoms with Crippen LogP contribution in [0.5, 0.6) is 0 Å². The number of hydrogen-bond donors (Lipinski definition) is 1. The van der Waals surface area contributed by atoms with Gasteiger partial charge in [0.05, 0.1) is 12.6 Å². The maximum absolute atomic E-state index is 13.2. The fraction of sp³-hybridized carbons (Fsp3) is 0.348. The van der Waals surface area contributed by atoms with Crippen LogP contribution in [0.3, 0.4) is 0 Å². The van der Waals surface area contributed by atoms with Crippen molar-refractivity contribution < 1.29 is 4.79 Å². The first kappa shape index (κ1) is 20.4. The predicted molar refractivity (Wildman–Crippen MR) is 119 cm³/mol. The third-order valence-corrected chi connectivity index (χ3v) is 6.00. The monoisotopic (exact) mass is 423 g/mol. The number of amides is 2. The zero-order chi connectivity index (χ0) is 21.3. The van der Waals surface area contributed by atoms with Crippen molar-refractivity contribution in [2.45, 2.75) is 46.2 Å². The van der Waals surface area contributed by atoms with Crippen molar-refractivity contribution in [2.75, 3.05) is 11.9 Å². The maximum Gasteiger partial charge on any atom is 0.322 e. The Labute approximate surface area is 181 Å². The van der Waals surface area contributed by atoms with Crippen LogP contribution in [-0.2, 0) is 6.54 Å². The van der Waals surface area contributed by atoms with Crippen LogP contribution < -0.4 is 5.32 Å². The molecule has 156 valence electrons. The van der Waals surface area contributed by atoms with Crippen molar-refractivity contribution in [2.24, 2.45) is 0 Å². The van der Waals surface area contributed by atoms with E-state index in [9.17, 15) is 4.79 Å². The summed E-state index contributed by atoms with van der Waals surface area (Å²) >= 11 is 6.02. The van der Waals surface area contributed by atoms with Crippen molar-refractivity contribution in [3.63, 3.8) is 0 Å². The largest absolute Gasteiger partial charge is 0.322 e. The molecule has 0 bridgehead atoms. The number of para-hydroxylation sites is 1. The van der Waals surface area contributed by atoms with Gasteiger partial charge < -0.3 is 14.8 Å². The summed E-state index contributed by atoms with van der Waals surface area (Å²) in [6.07, 6.45) is 1.82. The Morgan fingerprint density at radius 2 is 1.80 bits per heavy atom. The molecule has 1 aromatic heterocycles. The summed E-state index contributed by atoms with van der Waals surface area (Å²) < 4.78 is 2.10. The number of anilines is 1. The molecule has 2 amide bonds. The molecule has 0 aliphatic carbocycles. The zero-order valence-corrected chi connectivity index (χ0v) is 18.3. The average molecular weight is 424 g/mol. The molecule has 0 spiro atoms. The SMILES string of the molecule is Cc1cccc(C)c1NC(=O)N1CCCC1c1nnc(C)n1Cc1ccc(Cl)cc1. The minimum Gasteiger partial charge on any atom is -0.314 e. The Bertz CT molecular complexity index is 1040. The molecule has 1 unspecified atom stereocenters. The van der Waals surface area contributed by atoms with E-state index in [0.29, 0.717) is 18.1 Å². The van der Waals surface area contributed by atoms with E-state index in [1.54, 1.807) is 0 Å². The number of carbonyl (C=O) groups is 1. The lowest BCUT2D eigenvalue weighted by atomic mass is 10.1. The number of nitrogens with zero attached hydrogens (tertiary/aromatic N) is 4. The minimum absolute atomic E-state index is 0.0893. The third-order valence-electron chi connectivity index (χ3n) is 5.74. The van der Waals surface area contributed by atoms with Crippen molar-refractivity contribution in [1.29, 1.82) is 0 Å². The van der Waals surface area contributed by atoms with Gasteiger partial charge in [-0.2, -0.15) is 0 Å². The van der Waals surface area contributed by atoms with E-state index in [2.05, 4.69) is 20.1 Å². The number of nitrogens with one attached hydrogen (secondary N) is 1. The molecule has 1 N–H and O–H groups in total. The normalized spacial score (nSPS) is 16.1.